The minimum atomic E-state index is -0.728. The third kappa shape index (κ3) is 3.57. The molecule has 8 nitrogen and oxygen atoms in total. The van der Waals surface area contributed by atoms with Gasteiger partial charge in [0.2, 0.25) is 0 Å². The van der Waals surface area contributed by atoms with Crippen molar-refractivity contribution in [2.75, 3.05) is 37.8 Å². The summed E-state index contributed by atoms with van der Waals surface area (Å²) in [7, 11) is 0. The summed E-state index contributed by atoms with van der Waals surface area (Å²) in [6, 6.07) is 11.3. The van der Waals surface area contributed by atoms with Crippen LogP contribution in [0.4, 0.5) is 5.69 Å². The summed E-state index contributed by atoms with van der Waals surface area (Å²) >= 11 is 0. The number of nitrogens with zero attached hydrogens (tertiary/aromatic N) is 2. The molecule has 2 aromatic carbocycles. The molecule has 0 unspecified atom stereocenters. The normalized spacial score (nSPS) is 15.9. The molecule has 0 radical (unpaired) electrons. The van der Waals surface area contributed by atoms with Crippen molar-refractivity contribution in [1.82, 2.24) is 4.90 Å². The van der Waals surface area contributed by atoms with Gasteiger partial charge in [-0.2, -0.15) is 0 Å². The topological polar surface area (TPSA) is 93.2 Å². The average molecular weight is 408 g/mol. The molecule has 0 N–H and O–H groups in total. The van der Waals surface area contributed by atoms with Gasteiger partial charge in [-0.3, -0.25) is 14.4 Å². The van der Waals surface area contributed by atoms with Crippen LogP contribution in [0, 0.1) is 6.92 Å². The molecule has 0 aliphatic carbocycles. The summed E-state index contributed by atoms with van der Waals surface area (Å²) < 4.78 is 10.3. The summed E-state index contributed by atoms with van der Waals surface area (Å²) in [6.45, 7) is 3.25. The highest BCUT2D eigenvalue weighted by Crippen LogP contribution is 2.31. The first-order valence-corrected chi connectivity index (χ1v) is 9.58. The van der Waals surface area contributed by atoms with Crippen molar-refractivity contribution < 1.29 is 28.7 Å². The fourth-order valence-electron chi connectivity index (χ4n) is 3.52. The molecule has 2 aromatic rings. The lowest BCUT2D eigenvalue weighted by molar-refractivity contribution is -0.138. The molecule has 0 saturated carbocycles. The molecular formula is C22H20N2O6. The van der Waals surface area contributed by atoms with E-state index in [0.29, 0.717) is 32.0 Å². The van der Waals surface area contributed by atoms with Crippen molar-refractivity contribution in [2.24, 2.45) is 0 Å². The lowest BCUT2D eigenvalue weighted by Gasteiger charge is -2.26. The fraction of sp³-hybridized carbons (Fsp3) is 0.273. The lowest BCUT2D eigenvalue weighted by Crippen LogP contribution is -2.42. The van der Waals surface area contributed by atoms with Crippen LogP contribution in [-0.4, -0.2) is 61.5 Å². The van der Waals surface area contributed by atoms with Crippen LogP contribution in [0.25, 0.3) is 0 Å². The smallest absolute Gasteiger partial charge is 0.338 e. The van der Waals surface area contributed by atoms with Crippen LogP contribution in [0.15, 0.2) is 42.5 Å². The van der Waals surface area contributed by atoms with Crippen molar-refractivity contribution in [3.05, 3.63) is 64.7 Å². The number of amides is 3. The van der Waals surface area contributed by atoms with E-state index in [9.17, 15) is 19.2 Å². The predicted octanol–water partition coefficient (Wildman–Crippen LogP) is 1.81. The molecular weight excluding hydrogens is 388 g/mol. The number of ether oxygens (including phenoxy) is 2. The van der Waals surface area contributed by atoms with Crippen LogP contribution in [-0.2, 0) is 14.3 Å². The first kappa shape index (κ1) is 19.8. The van der Waals surface area contributed by atoms with Crippen LogP contribution in [0.1, 0.15) is 36.6 Å². The number of carbonyl (C=O) groups excluding carboxylic acids is 4. The zero-order chi connectivity index (χ0) is 21.3. The molecule has 4 rings (SSSR count). The number of hydrogen-bond acceptors (Lipinski definition) is 6. The van der Waals surface area contributed by atoms with Gasteiger partial charge in [-0.1, -0.05) is 18.2 Å². The molecule has 3 amide bonds. The van der Waals surface area contributed by atoms with Crippen molar-refractivity contribution in [2.45, 2.75) is 6.92 Å². The molecule has 2 aliphatic rings. The summed E-state index contributed by atoms with van der Waals surface area (Å²) in [5.41, 5.74) is 1.76. The molecule has 0 aromatic heterocycles. The molecule has 2 heterocycles. The Balaban J connectivity index is 1.49. The standard InChI is InChI=1S/C22H20N2O6/c1-14-4-2-3-5-18(14)24-20(26)16-7-6-15(12-17(16)21(24)27)22(28)30-13-19(25)23-8-10-29-11-9-23/h2-7,12H,8-11,13H2,1H3. The van der Waals surface area contributed by atoms with Crippen LogP contribution in [0.3, 0.4) is 0 Å². The second-order valence-electron chi connectivity index (χ2n) is 7.06. The van der Waals surface area contributed by atoms with Gasteiger partial charge in [0.25, 0.3) is 17.7 Å². The van der Waals surface area contributed by atoms with E-state index in [2.05, 4.69) is 0 Å². The Morgan fingerprint density at radius 3 is 2.43 bits per heavy atom. The number of imide groups is 1. The van der Waals surface area contributed by atoms with Crippen LogP contribution >= 0.6 is 0 Å². The molecule has 1 fully saturated rings. The first-order chi connectivity index (χ1) is 14.5. The summed E-state index contributed by atoms with van der Waals surface area (Å²) in [5.74, 6) is -1.96. The minimum Gasteiger partial charge on any atom is -0.452 e. The van der Waals surface area contributed by atoms with Gasteiger partial charge >= 0.3 is 5.97 Å². The first-order valence-electron chi connectivity index (χ1n) is 9.58. The van der Waals surface area contributed by atoms with Gasteiger partial charge in [0.15, 0.2) is 6.61 Å². The number of carbonyl (C=O) groups is 4. The number of fused-ring (bicyclic) bond motifs is 1. The monoisotopic (exact) mass is 408 g/mol. The summed E-state index contributed by atoms with van der Waals surface area (Å²) in [6.07, 6.45) is 0. The van der Waals surface area contributed by atoms with E-state index >= 15 is 0 Å². The van der Waals surface area contributed by atoms with Crippen molar-refractivity contribution in [3.8, 4) is 0 Å². The van der Waals surface area contributed by atoms with Gasteiger partial charge in [-0.05, 0) is 36.8 Å². The molecule has 1 saturated heterocycles. The second kappa shape index (κ2) is 8.08. The maximum atomic E-state index is 12.9. The Bertz CT molecular complexity index is 1040. The number of anilines is 1. The molecule has 30 heavy (non-hydrogen) atoms. The van der Waals surface area contributed by atoms with Crippen molar-refractivity contribution in [3.63, 3.8) is 0 Å². The molecule has 0 bridgehead atoms. The van der Waals surface area contributed by atoms with Gasteiger partial charge in [0.05, 0.1) is 35.6 Å². The maximum absolute atomic E-state index is 12.9. The summed E-state index contributed by atoms with van der Waals surface area (Å²) in [5, 5.41) is 0. The zero-order valence-corrected chi connectivity index (χ0v) is 16.4. The molecule has 0 atom stereocenters. The number of morpholine rings is 1. The zero-order valence-electron chi connectivity index (χ0n) is 16.4. The Hall–Kier alpha value is -3.52. The van der Waals surface area contributed by atoms with Gasteiger partial charge in [0, 0.05) is 13.1 Å². The number of hydrogen-bond donors (Lipinski definition) is 0. The highest BCUT2D eigenvalue weighted by Gasteiger charge is 2.37. The Labute approximate surface area is 173 Å². The quantitative estimate of drug-likeness (QED) is 0.566. The summed E-state index contributed by atoms with van der Waals surface area (Å²) in [4.78, 5) is 52.9. The number of aryl methyl sites for hydroxylation is 1. The Morgan fingerprint density at radius 1 is 1.00 bits per heavy atom. The predicted molar refractivity (Wildman–Crippen MR) is 106 cm³/mol. The number of benzene rings is 2. The second-order valence-corrected chi connectivity index (χ2v) is 7.06. The number of esters is 1. The van der Waals surface area contributed by atoms with E-state index in [-0.39, 0.29) is 22.6 Å². The molecule has 8 heteroatoms. The highest BCUT2D eigenvalue weighted by molar-refractivity contribution is 6.34. The van der Waals surface area contributed by atoms with Gasteiger partial charge in [-0.15, -0.1) is 0 Å². The molecule has 2 aliphatic heterocycles. The minimum absolute atomic E-state index is 0.108. The van der Waals surface area contributed by atoms with Crippen LogP contribution in [0.2, 0.25) is 0 Å². The van der Waals surface area contributed by atoms with Crippen LogP contribution < -0.4 is 4.90 Å². The van der Waals surface area contributed by atoms with Crippen molar-refractivity contribution >= 4 is 29.4 Å². The van der Waals surface area contributed by atoms with Gasteiger partial charge in [-0.25, -0.2) is 9.69 Å². The third-order valence-electron chi connectivity index (χ3n) is 5.17. The van der Waals surface area contributed by atoms with Crippen LogP contribution in [0.5, 0.6) is 0 Å². The largest absolute Gasteiger partial charge is 0.452 e. The van der Waals surface area contributed by atoms with E-state index in [0.717, 1.165) is 10.5 Å². The highest BCUT2D eigenvalue weighted by atomic mass is 16.5. The molecule has 154 valence electrons. The van der Waals surface area contributed by atoms with E-state index in [1.165, 1.54) is 18.2 Å². The third-order valence-corrected chi connectivity index (χ3v) is 5.17. The van der Waals surface area contributed by atoms with E-state index in [1.54, 1.807) is 17.0 Å². The van der Waals surface area contributed by atoms with Gasteiger partial charge in [0.1, 0.15) is 0 Å². The van der Waals surface area contributed by atoms with E-state index in [4.69, 9.17) is 9.47 Å². The van der Waals surface area contributed by atoms with Crippen molar-refractivity contribution in [1.29, 1.82) is 0 Å². The fourth-order valence-corrected chi connectivity index (χ4v) is 3.52. The molecule has 0 spiro atoms. The SMILES string of the molecule is Cc1ccccc1N1C(=O)c2ccc(C(=O)OCC(=O)N3CCOCC3)cc2C1=O. The lowest BCUT2D eigenvalue weighted by atomic mass is 10.1. The number of rotatable bonds is 4. The maximum Gasteiger partial charge on any atom is 0.338 e. The van der Waals surface area contributed by atoms with E-state index < -0.39 is 24.4 Å². The number of para-hydroxylation sites is 1. The Kier molecular flexibility index (Phi) is 5.33. The average Bonchev–Trinajstić information content (AvgIpc) is 3.02. The van der Waals surface area contributed by atoms with E-state index in [1.807, 2.05) is 19.1 Å². The Morgan fingerprint density at radius 2 is 1.70 bits per heavy atom. The van der Waals surface area contributed by atoms with Gasteiger partial charge < -0.3 is 14.4 Å².